The molecule has 1 aromatic heterocycles. The highest BCUT2D eigenvalue weighted by atomic mass is 35.5. The summed E-state index contributed by atoms with van der Waals surface area (Å²) in [6, 6.07) is 17.4. The Balaban J connectivity index is 1.36. The maximum Gasteiger partial charge on any atom is 0.321 e. The first-order valence-electron chi connectivity index (χ1n) is 9.98. The fourth-order valence-electron chi connectivity index (χ4n) is 3.59. The van der Waals surface area contributed by atoms with Crippen LogP contribution in [-0.2, 0) is 0 Å². The van der Waals surface area contributed by atoms with Crippen molar-refractivity contribution in [1.29, 1.82) is 0 Å². The number of halogens is 1. The third kappa shape index (κ3) is 4.39. The van der Waals surface area contributed by atoms with Crippen LogP contribution in [0.25, 0.3) is 11.3 Å². The molecule has 0 atom stereocenters. The lowest BCUT2D eigenvalue weighted by Crippen LogP contribution is -2.50. The molecule has 2 aromatic carbocycles. The van der Waals surface area contributed by atoms with Crippen LogP contribution in [0, 0.1) is 13.8 Å². The Hall–Kier alpha value is -3.12. The summed E-state index contributed by atoms with van der Waals surface area (Å²) in [7, 11) is 0. The van der Waals surface area contributed by atoms with Gasteiger partial charge >= 0.3 is 6.03 Å². The van der Waals surface area contributed by atoms with E-state index in [-0.39, 0.29) is 6.03 Å². The van der Waals surface area contributed by atoms with E-state index in [4.69, 9.17) is 11.6 Å². The highest BCUT2D eigenvalue weighted by Gasteiger charge is 2.22. The Bertz CT molecular complexity index is 1050. The average molecular weight is 422 g/mol. The number of carbonyl (C=O) groups is 1. The number of aromatic nitrogens is 2. The number of benzene rings is 2. The molecule has 2 heterocycles. The van der Waals surface area contributed by atoms with E-state index >= 15 is 0 Å². The molecule has 2 amide bonds. The van der Waals surface area contributed by atoms with Crippen LogP contribution in [0.3, 0.4) is 0 Å². The van der Waals surface area contributed by atoms with Gasteiger partial charge in [-0.3, -0.25) is 0 Å². The molecule has 1 fully saturated rings. The van der Waals surface area contributed by atoms with Crippen molar-refractivity contribution >= 4 is 29.1 Å². The monoisotopic (exact) mass is 421 g/mol. The van der Waals surface area contributed by atoms with Crippen molar-refractivity contribution in [3.05, 3.63) is 70.7 Å². The van der Waals surface area contributed by atoms with E-state index in [1.807, 2.05) is 67.3 Å². The zero-order valence-electron chi connectivity index (χ0n) is 17.1. The Kier molecular flexibility index (Phi) is 5.86. The van der Waals surface area contributed by atoms with Crippen LogP contribution in [0.4, 0.5) is 16.3 Å². The molecule has 0 aliphatic carbocycles. The number of nitrogens with zero attached hydrogens (tertiary/aromatic N) is 4. The van der Waals surface area contributed by atoms with Gasteiger partial charge in [0.2, 0.25) is 0 Å². The lowest BCUT2D eigenvalue weighted by atomic mass is 10.1. The number of amides is 2. The van der Waals surface area contributed by atoms with Crippen molar-refractivity contribution in [1.82, 2.24) is 15.1 Å². The molecule has 0 saturated carbocycles. The molecule has 0 radical (unpaired) electrons. The minimum absolute atomic E-state index is 0.0678. The average Bonchev–Trinajstić information content (AvgIpc) is 2.76. The number of urea groups is 1. The zero-order valence-corrected chi connectivity index (χ0v) is 17.9. The van der Waals surface area contributed by atoms with Gasteiger partial charge in [-0.1, -0.05) is 47.5 Å². The summed E-state index contributed by atoms with van der Waals surface area (Å²) in [6.45, 7) is 6.73. The summed E-state index contributed by atoms with van der Waals surface area (Å²) in [4.78, 5) is 16.6. The smallest absolute Gasteiger partial charge is 0.321 e. The lowest BCUT2D eigenvalue weighted by molar-refractivity contribution is 0.208. The van der Waals surface area contributed by atoms with Gasteiger partial charge < -0.3 is 15.1 Å². The zero-order chi connectivity index (χ0) is 21.1. The first-order chi connectivity index (χ1) is 14.5. The van der Waals surface area contributed by atoms with E-state index in [0.717, 1.165) is 28.3 Å². The predicted octanol–water partition coefficient (Wildman–Crippen LogP) is 4.77. The quantitative estimate of drug-likeness (QED) is 0.661. The number of anilines is 2. The second-order valence-electron chi connectivity index (χ2n) is 7.48. The molecule has 1 saturated heterocycles. The summed E-state index contributed by atoms with van der Waals surface area (Å²) in [5, 5.41) is 12.4. The van der Waals surface area contributed by atoms with Crippen LogP contribution in [0.1, 0.15) is 11.1 Å². The van der Waals surface area contributed by atoms with E-state index < -0.39 is 0 Å². The number of hydrogen-bond acceptors (Lipinski definition) is 4. The van der Waals surface area contributed by atoms with Crippen LogP contribution < -0.4 is 10.2 Å². The summed E-state index contributed by atoms with van der Waals surface area (Å²) in [5.74, 6) is 0.806. The fourth-order valence-corrected chi connectivity index (χ4v) is 3.83. The van der Waals surface area contributed by atoms with Gasteiger partial charge in [0.25, 0.3) is 0 Å². The van der Waals surface area contributed by atoms with Crippen molar-refractivity contribution in [3.8, 4) is 11.3 Å². The van der Waals surface area contributed by atoms with Gasteiger partial charge in [-0.25, -0.2) is 4.79 Å². The lowest BCUT2D eigenvalue weighted by Gasteiger charge is -2.35. The SMILES string of the molecule is Cc1ccc(NC(=O)N2CCN(c3ccc(-c4ccccc4Cl)nn3)CC2)c(C)c1. The first kappa shape index (κ1) is 20.2. The van der Waals surface area contributed by atoms with Crippen molar-refractivity contribution in [2.45, 2.75) is 13.8 Å². The summed E-state index contributed by atoms with van der Waals surface area (Å²) in [5.41, 5.74) is 4.72. The van der Waals surface area contributed by atoms with E-state index in [1.165, 1.54) is 5.56 Å². The highest BCUT2D eigenvalue weighted by Crippen LogP contribution is 2.26. The fraction of sp³-hybridized carbons (Fsp3) is 0.261. The maximum atomic E-state index is 12.6. The van der Waals surface area contributed by atoms with E-state index in [9.17, 15) is 4.79 Å². The van der Waals surface area contributed by atoms with Crippen molar-refractivity contribution in [3.63, 3.8) is 0 Å². The van der Waals surface area contributed by atoms with Crippen molar-refractivity contribution in [2.75, 3.05) is 36.4 Å². The van der Waals surface area contributed by atoms with Crippen LogP contribution in [0.5, 0.6) is 0 Å². The molecule has 7 heteroatoms. The minimum atomic E-state index is -0.0678. The maximum absolute atomic E-state index is 12.6. The number of rotatable bonds is 3. The molecule has 4 rings (SSSR count). The van der Waals surface area contributed by atoms with E-state index in [1.54, 1.807) is 0 Å². The third-order valence-electron chi connectivity index (χ3n) is 5.31. The topological polar surface area (TPSA) is 61.4 Å². The van der Waals surface area contributed by atoms with E-state index in [0.29, 0.717) is 31.2 Å². The minimum Gasteiger partial charge on any atom is -0.352 e. The van der Waals surface area contributed by atoms with E-state index in [2.05, 4.69) is 26.5 Å². The van der Waals surface area contributed by atoms with Gasteiger partial charge in [-0.15, -0.1) is 10.2 Å². The van der Waals surface area contributed by atoms with Gasteiger partial charge in [0, 0.05) is 37.4 Å². The summed E-state index contributed by atoms with van der Waals surface area (Å²) < 4.78 is 0. The number of carbonyl (C=O) groups excluding carboxylic acids is 1. The van der Waals surface area contributed by atoms with Crippen LogP contribution in [-0.4, -0.2) is 47.3 Å². The Morgan fingerprint density at radius 3 is 2.40 bits per heavy atom. The van der Waals surface area contributed by atoms with Gasteiger partial charge in [-0.05, 0) is 43.7 Å². The molecular weight excluding hydrogens is 398 g/mol. The Morgan fingerprint density at radius 1 is 0.967 bits per heavy atom. The standard InChI is InChI=1S/C23H24ClN5O/c1-16-7-8-20(17(2)15-16)25-23(30)29-13-11-28(12-14-29)22-10-9-21(26-27-22)18-5-3-4-6-19(18)24/h3-10,15H,11-14H2,1-2H3,(H,25,30). The molecule has 1 N–H and O–H groups in total. The molecule has 0 spiro atoms. The van der Waals surface area contributed by atoms with Gasteiger partial charge in [0.05, 0.1) is 10.7 Å². The Labute approximate surface area is 181 Å². The molecule has 1 aliphatic rings. The van der Waals surface area contributed by atoms with Gasteiger partial charge in [0.15, 0.2) is 5.82 Å². The molecule has 0 bridgehead atoms. The van der Waals surface area contributed by atoms with Gasteiger partial charge in [-0.2, -0.15) is 0 Å². The second-order valence-corrected chi connectivity index (χ2v) is 7.89. The number of hydrogen-bond donors (Lipinski definition) is 1. The van der Waals surface area contributed by atoms with Crippen molar-refractivity contribution in [2.24, 2.45) is 0 Å². The Morgan fingerprint density at radius 2 is 1.73 bits per heavy atom. The summed E-state index contributed by atoms with van der Waals surface area (Å²) >= 11 is 6.25. The molecule has 30 heavy (non-hydrogen) atoms. The molecule has 1 aliphatic heterocycles. The molecule has 0 unspecified atom stereocenters. The molecule has 154 valence electrons. The molecular formula is C23H24ClN5O. The van der Waals surface area contributed by atoms with Crippen LogP contribution >= 0.6 is 11.6 Å². The number of nitrogens with one attached hydrogen (secondary N) is 1. The molecule has 6 nitrogen and oxygen atoms in total. The van der Waals surface area contributed by atoms with Crippen LogP contribution in [0.2, 0.25) is 5.02 Å². The van der Waals surface area contributed by atoms with Gasteiger partial charge in [0.1, 0.15) is 0 Å². The second kappa shape index (κ2) is 8.71. The normalized spacial score (nSPS) is 14.0. The van der Waals surface area contributed by atoms with Crippen LogP contribution in [0.15, 0.2) is 54.6 Å². The third-order valence-corrected chi connectivity index (χ3v) is 5.64. The summed E-state index contributed by atoms with van der Waals surface area (Å²) in [6.07, 6.45) is 0. The number of aryl methyl sites for hydroxylation is 2. The molecule has 3 aromatic rings. The largest absolute Gasteiger partial charge is 0.352 e. The number of piperazine rings is 1. The first-order valence-corrected chi connectivity index (χ1v) is 10.4. The predicted molar refractivity (Wildman–Crippen MR) is 121 cm³/mol. The highest BCUT2D eigenvalue weighted by molar-refractivity contribution is 6.33. The van der Waals surface area contributed by atoms with Crippen molar-refractivity contribution < 1.29 is 4.79 Å².